The Bertz CT molecular complexity index is 412. The molecule has 2 heterocycles. The van der Waals surface area contributed by atoms with Crippen LogP contribution < -0.4 is 5.73 Å². The summed E-state index contributed by atoms with van der Waals surface area (Å²) in [7, 11) is 0. The van der Waals surface area contributed by atoms with Crippen molar-refractivity contribution in [2.75, 3.05) is 6.54 Å². The standard InChI is InChI=1S/C11H17N3O2/c1-7-10(8(6-12)11(15)16)14-5-3-2-4-9(14)13-7/h8H,2-6,12H2,1H3,(H,15,16). The number of imidazole rings is 1. The van der Waals surface area contributed by atoms with Gasteiger partial charge in [0.15, 0.2) is 0 Å². The third-order valence-corrected chi connectivity index (χ3v) is 3.17. The molecule has 0 fully saturated rings. The minimum absolute atomic E-state index is 0.126. The van der Waals surface area contributed by atoms with Crippen LogP contribution in [-0.2, 0) is 17.8 Å². The van der Waals surface area contributed by atoms with Gasteiger partial charge in [0, 0.05) is 19.5 Å². The molecule has 2 rings (SSSR count). The van der Waals surface area contributed by atoms with Gasteiger partial charge in [0.05, 0.1) is 11.4 Å². The zero-order valence-corrected chi connectivity index (χ0v) is 9.44. The number of carbonyl (C=O) groups is 1. The van der Waals surface area contributed by atoms with E-state index in [1.165, 1.54) is 0 Å². The highest BCUT2D eigenvalue weighted by atomic mass is 16.4. The van der Waals surface area contributed by atoms with Gasteiger partial charge in [-0.25, -0.2) is 4.98 Å². The van der Waals surface area contributed by atoms with Crippen LogP contribution in [0.2, 0.25) is 0 Å². The van der Waals surface area contributed by atoms with Crippen LogP contribution in [0.4, 0.5) is 0 Å². The molecule has 0 radical (unpaired) electrons. The predicted molar refractivity (Wildman–Crippen MR) is 59.3 cm³/mol. The van der Waals surface area contributed by atoms with Gasteiger partial charge in [-0.15, -0.1) is 0 Å². The molecule has 0 spiro atoms. The maximum Gasteiger partial charge on any atom is 0.313 e. The number of carboxylic acid groups (broad SMARTS) is 1. The first-order valence-corrected chi connectivity index (χ1v) is 5.64. The average Bonchev–Trinajstić information content (AvgIpc) is 2.57. The lowest BCUT2D eigenvalue weighted by atomic mass is 10.0. The Labute approximate surface area is 94.3 Å². The third kappa shape index (κ3) is 1.71. The average molecular weight is 223 g/mol. The van der Waals surface area contributed by atoms with Crippen molar-refractivity contribution >= 4 is 5.97 Å². The zero-order chi connectivity index (χ0) is 11.7. The minimum Gasteiger partial charge on any atom is -0.481 e. The van der Waals surface area contributed by atoms with Crippen molar-refractivity contribution in [2.45, 2.75) is 38.6 Å². The molecule has 1 aromatic heterocycles. The Kier molecular flexibility index (Phi) is 2.96. The Morgan fingerprint density at radius 3 is 3.00 bits per heavy atom. The molecule has 1 aliphatic heterocycles. The van der Waals surface area contributed by atoms with Crippen LogP contribution in [0, 0.1) is 6.92 Å². The molecule has 1 aromatic rings. The summed E-state index contributed by atoms with van der Waals surface area (Å²) < 4.78 is 2.05. The lowest BCUT2D eigenvalue weighted by Crippen LogP contribution is -2.26. The molecule has 0 bridgehead atoms. The molecule has 0 aromatic carbocycles. The van der Waals surface area contributed by atoms with E-state index in [2.05, 4.69) is 4.98 Å². The van der Waals surface area contributed by atoms with Crippen LogP contribution >= 0.6 is 0 Å². The number of hydrogen-bond acceptors (Lipinski definition) is 3. The van der Waals surface area contributed by atoms with Gasteiger partial charge in [-0.05, 0) is 19.8 Å². The number of nitrogens with zero attached hydrogens (tertiary/aromatic N) is 2. The van der Waals surface area contributed by atoms with Gasteiger partial charge < -0.3 is 15.4 Å². The van der Waals surface area contributed by atoms with E-state index in [1.54, 1.807) is 0 Å². The molecule has 1 atom stereocenters. The number of hydrogen-bond donors (Lipinski definition) is 2. The summed E-state index contributed by atoms with van der Waals surface area (Å²) in [6.45, 7) is 2.86. The Morgan fingerprint density at radius 2 is 2.38 bits per heavy atom. The van der Waals surface area contributed by atoms with Gasteiger partial charge in [0.1, 0.15) is 11.7 Å². The Hall–Kier alpha value is -1.36. The number of aryl methyl sites for hydroxylation is 2. The number of rotatable bonds is 3. The zero-order valence-electron chi connectivity index (χ0n) is 9.44. The molecular weight excluding hydrogens is 206 g/mol. The second kappa shape index (κ2) is 4.25. The van der Waals surface area contributed by atoms with Crippen LogP contribution in [0.25, 0.3) is 0 Å². The summed E-state index contributed by atoms with van der Waals surface area (Å²) in [5.41, 5.74) is 7.16. The molecule has 0 aliphatic carbocycles. The summed E-state index contributed by atoms with van der Waals surface area (Å²) in [5.74, 6) is -0.475. The summed E-state index contributed by atoms with van der Waals surface area (Å²) in [6, 6.07) is 0. The summed E-state index contributed by atoms with van der Waals surface area (Å²) in [4.78, 5) is 15.6. The molecule has 5 heteroatoms. The van der Waals surface area contributed by atoms with E-state index in [1.807, 2.05) is 11.5 Å². The molecule has 88 valence electrons. The van der Waals surface area contributed by atoms with E-state index in [-0.39, 0.29) is 6.54 Å². The minimum atomic E-state index is -0.862. The first-order chi connectivity index (χ1) is 7.65. The van der Waals surface area contributed by atoms with E-state index >= 15 is 0 Å². The number of fused-ring (bicyclic) bond motifs is 1. The summed E-state index contributed by atoms with van der Waals surface area (Å²) in [5, 5.41) is 9.15. The number of aromatic nitrogens is 2. The summed E-state index contributed by atoms with van der Waals surface area (Å²) >= 11 is 0. The van der Waals surface area contributed by atoms with Crippen LogP contribution in [0.5, 0.6) is 0 Å². The maximum absolute atomic E-state index is 11.1. The molecule has 0 saturated carbocycles. The number of nitrogens with two attached hydrogens (primary N) is 1. The van der Waals surface area contributed by atoms with E-state index in [0.29, 0.717) is 0 Å². The van der Waals surface area contributed by atoms with Gasteiger partial charge in [-0.1, -0.05) is 0 Å². The fraction of sp³-hybridized carbons (Fsp3) is 0.636. The summed E-state index contributed by atoms with van der Waals surface area (Å²) in [6.07, 6.45) is 3.17. The molecular formula is C11H17N3O2. The van der Waals surface area contributed by atoms with Crippen LogP contribution in [0.1, 0.15) is 36.0 Å². The van der Waals surface area contributed by atoms with E-state index in [4.69, 9.17) is 10.8 Å². The highest BCUT2D eigenvalue weighted by Gasteiger charge is 2.27. The predicted octanol–water partition coefficient (Wildman–Crippen LogP) is 0.655. The Balaban J connectivity index is 2.46. The Morgan fingerprint density at radius 1 is 1.62 bits per heavy atom. The molecule has 0 amide bonds. The van der Waals surface area contributed by atoms with E-state index < -0.39 is 11.9 Å². The molecule has 1 aliphatic rings. The fourth-order valence-corrected chi connectivity index (χ4v) is 2.41. The molecule has 5 nitrogen and oxygen atoms in total. The van der Waals surface area contributed by atoms with Gasteiger partial charge in [-0.3, -0.25) is 4.79 Å². The number of aliphatic carboxylic acids is 1. The van der Waals surface area contributed by atoms with Crippen molar-refractivity contribution in [3.05, 3.63) is 17.2 Å². The van der Waals surface area contributed by atoms with Crippen molar-refractivity contribution in [1.82, 2.24) is 9.55 Å². The SMILES string of the molecule is Cc1nc2n(c1C(CN)C(=O)O)CCCC2. The van der Waals surface area contributed by atoms with Crippen molar-refractivity contribution in [3.63, 3.8) is 0 Å². The highest BCUT2D eigenvalue weighted by Crippen LogP contribution is 2.25. The van der Waals surface area contributed by atoms with Gasteiger partial charge in [0.25, 0.3) is 0 Å². The second-order valence-corrected chi connectivity index (χ2v) is 4.23. The highest BCUT2D eigenvalue weighted by molar-refractivity contribution is 5.76. The maximum atomic E-state index is 11.1. The van der Waals surface area contributed by atoms with Crippen LogP contribution in [0.15, 0.2) is 0 Å². The molecule has 0 saturated heterocycles. The normalized spacial score (nSPS) is 16.9. The van der Waals surface area contributed by atoms with Crippen molar-refractivity contribution in [1.29, 1.82) is 0 Å². The molecule has 3 N–H and O–H groups in total. The lowest BCUT2D eigenvalue weighted by molar-refractivity contribution is -0.138. The monoisotopic (exact) mass is 223 g/mol. The van der Waals surface area contributed by atoms with Crippen molar-refractivity contribution in [2.24, 2.45) is 5.73 Å². The quantitative estimate of drug-likeness (QED) is 0.788. The number of carboxylic acids is 1. The largest absolute Gasteiger partial charge is 0.481 e. The topological polar surface area (TPSA) is 81.1 Å². The van der Waals surface area contributed by atoms with Gasteiger partial charge in [0.2, 0.25) is 0 Å². The molecule has 16 heavy (non-hydrogen) atoms. The van der Waals surface area contributed by atoms with Crippen molar-refractivity contribution in [3.8, 4) is 0 Å². The van der Waals surface area contributed by atoms with E-state index in [0.717, 1.165) is 43.0 Å². The van der Waals surface area contributed by atoms with Gasteiger partial charge in [-0.2, -0.15) is 0 Å². The lowest BCUT2D eigenvalue weighted by Gasteiger charge is -2.19. The first kappa shape index (κ1) is 11.1. The third-order valence-electron chi connectivity index (χ3n) is 3.17. The van der Waals surface area contributed by atoms with Gasteiger partial charge >= 0.3 is 5.97 Å². The smallest absolute Gasteiger partial charge is 0.313 e. The molecule has 1 unspecified atom stereocenters. The van der Waals surface area contributed by atoms with Crippen LogP contribution in [0.3, 0.4) is 0 Å². The van der Waals surface area contributed by atoms with Crippen LogP contribution in [-0.4, -0.2) is 27.2 Å². The fourth-order valence-electron chi connectivity index (χ4n) is 2.41. The second-order valence-electron chi connectivity index (χ2n) is 4.23. The van der Waals surface area contributed by atoms with Crippen molar-refractivity contribution < 1.29 is 9.90 Å². The first-order valence-electron chi connectivity index (χ1n) is 5.64. The van der Waals surface area contributed by atoms with E-state index in [9.17, 15) is 4.79 Å².